The van der Waals surface area contributed by atoms with Crippen molar-refractivity contribution in [1.82, 2.24) is 0 Å². The highest BCUT2D eigenvalue weighted by molar-refractivity contribution is 5.29. The summed E-state index contributed by atoms with van der Waals surface area (Å²) < 4.78 is 100.0. The minimum Gasteiger partial charge on any atom is -0.200 e. The number of alkyl halides is 8. The van der Waals surface area contributed by atoms with Gasteiger partial charge in [-0.25, -0.2) is 0 Å². The van der Waals surface area contributed by atoms with E-state index in [1.165, 1.54) is 0 Å². The SMILES string of the molecule is FC1(F)CC2(CC(F)(F)C2(F)F)C1(F)F. The van der Waals surface area contributed by atoms with E-state index in [0.717, 1.165) is 0 Å². The first-order valence-electron chi connectivity index (χ1n) is 3.93. The maximum atomic E-state index is 12.7. The number of halogens is 8. The van der Waals surface area contributed by atoms with Crippen LogP contribution in [0.25, 0.3) is 0 Å². The molecule has 0 radical (unpaired) electrons. The molecule has 15 heavy (non-hydrogen) atoms. The van der Waals surface area contributed by atoms with Gasteiger partial charge in [0.25, 0.3) is 0 Å². The molecule has 2 aliphatic rings. The van der Waals surface area contributed by atoms with Crippen LogP contribution in [-0.4, -0.2) is 23.7 Å². The molecule has 0 heterocycles. The van der Waals surface area contributed by atoms with Crippen molar-refractivity contribution in [3.05, 3.63) is 0 Å². The van der Waals surface area contributed by atoms with E-state index in [0.29, 0.717) is 0 Å². The van der Waals surface area contributed by atoms with Gasteiger partial charge in [0, 0.05) is 12.8 Å². The molecule has 1 spiro atoms. The smallest absolute Gasteiger partial charge is 0.200 e. The quantitative estimate of drug-likeness (QED) is 0.570. The van der Waals surface area contributed by atoms with E-state index >= 15 is 0 Å². The first-order valence-corrected chi connectivity index (χ1v) is 3.93. The van der Waals surface area contributed by atoms with Crippen LogP contribution >= 0.6 is 0 Å². The monoisotopic (exact) mass is 240 g/mol. The first-order chi connectivity index (χ1) is 6.41. The van der Waals surface area contributed by atoms with Crippen molar-refractivity contribution >= 4 is 0 Å². The van der Waals surface area contributed by atoms with Crippen molar-refractivity contribution in [3.8, 4) is 0 Å². The molecule has 2 fully saturated rings. The van der Waals surface area contributed by atoms with E-state index in [2.05, 4.69) is 0 Å². The van der Waals surface area contributed by atoms with Crippen molar-refractivity contribution in [2.75, 3.05) is 0 Å². The molecule has 0 atom stereocenters. The van der Waals surface area contributed by atoms with E-state index in [1.54, 1.807) is 0 Å². The normalized spacial score (nSPS) is 36.8. The maximum Gasteiger partial charge on any atom is 0.322 e. The molecule has 0 aromatic heterocycles. The van der Waals surface area contributed by atoms with E-state index in [1.807, 2.05) is 0 Å². The summed E-state index contributed by atoms with van der Waals surface area (Å²) in [7, 11) is 0. The Morgan fingerprint density at radius 1 is 0.533 bits per heavy atom. The zero-order valence-corrected chi connectivity index (χ0v) is 6.94. The van der Waals surface area contributed by atoms with Gasteiger partial charge in [-0.15, -0.1) is 0 Å². The molecule has 0 unspecified atom stereocenters. The van der Waals surface area contributed by atoms with Crippen molar-refractivity contribution < 1.29 is 35.1 Å². The maximum absolute atomic E-state index is 12.7. The lowest BCUT2D eigenvalue weighted by Gasteiger charge is -2.64. The highest BCUT2D eigenvalue weighted by Gasteiger charge is 2.98. The highest BCUT2D eigenvalue weighted by atomic mass is 19.3. The fourth-order valence-electron chi connectivity index (χ4n) is 2.17. The number of hydrogen-bond acceptors (Lipinski definition) is 0. The second-order valence-corrected chi connectivity index (χ2v) is 3.99. The zero-order chi connectivity index (χ0) is 11.9. The summed E-state index contributed by atoms with van der Waals surface area (Å²) in [5.74, 6) is -19.4. The molecule has 88 valence electrons. The minimum atomic E-state index is -5.06. The van der Waals surface area contributed by atoms with Gasteiger partial charge in [0.15, 0.2) is 0 Å². The minimum absolute atomic E-state index is 1.89. The van der Waals surface area contributed by atoms with Crippen LogP contribution in [0.15, 0.2) is 0 Å². The lowest BCUT2D eigenvalue weighted by atomic mass is 9.47. The van der Waals surface area contributed by atoms with Gasteiger partial charge in [-0.05, 0) is 0 Å². The van der Waals surface area contributed by atoms with Crippen LogP contribution in [-0.2, 0) is 0 Å². The largest absolute Gasteiger partial charge is 0.322 e. The molecule has 0 aromatic rings. The molecule has 0 aromatic carbocycles. The Balaban J connectivity index is 2.37. The van der Waals surface area contributed by atoms with Crippen molar-refractivity contribution in [2.24, 2.45) is 5.41 Å². The fourth-order valence-corrected chi connectivity index (χ4v) is 2.17. The Kier molecular flexibility index (Phi) is 1.53. The third kappa shape index (κ3) is 0.782. The molecular weight excluding hydrogens is 236 g/mol. The van der Waals surface area contributed by atoms with Crippen LogP contribution in [0.5, 0.6) is 0 Å². The Morgan fingerprint density at radius 3 is 0.933 bits per heavy atom. The standard InChI is InChI=1S/C7H4F8/c8-4(9)1-3(6(4,12)13)2-5(10,11)7(3,14)15/h1-2H2. The Bertz CT molecular complexity index is 285. The van der Waals surface area contributed by atoms with Crippen molar-refractivity contribution in [1.29, 1.82) is 0 Å². The summed E-state index contributed by atoms with van der Waals surface area (Å²) in [5, 5.41) is 0. The van der Waals surface area contributed by atoms with Crippen LogP contribution in [0.2, 0.25) is 0 Å². The third-order valence-corrected chi connectivity index (χ3v) is 3.17. The number of rotatable bonds is 0. The third-order valence-electron chi connectivity index (χ3n) is 3.17. The van der Waals surface area contributed by atoms with Crippen LogP contribution in [0, 0.1) is 5.41 Å². The Hall–Kier alpha value is -0.560. The lowest BCUT2D eigenvalue weighted by molar-refractivity contribution is -0.491. The predicted octanol–water partition coefficient (Wildman–Crippen LogP) is 3.32. The van der Waals surface area contributed by atoms with E-state index in [9.17, 15) is 35.1 Å². The molecule has 0 nitrogen and oxygen atoms in total. The second kappa shape index (κ2) is 2.10. The van der Waals surface area contributed by atoms with Gasteiger partial charge in [-0.1, -0.05) is 0 Å². The summed E-state index contributed by atoms with van der Waals surface area (Å²) in [5.41, 5.74) is -3.56. The molecule has 2 aliphatic carbocycles. The summed E-state index contributed by atoms with van der Waals surface area (Å²) in [4.78, 5) is 0. The molecule has 2 rings (SSSR count). The topological polar surface area (TPSA) is 0 Å². The van der Waals surface area contributed by atoms with Crippen LogP contribution in [0.3, 0.4) is 0 Å². The van der Waals surface area contributed by atoms with Gasteiger partial charge in [0.1, 0.15) is 5.41 Å². The summed E-state index contributed by atoms with van der Waals surface area (Å²) in [6.07, 6.45) is -3.79. The van der Waals surface area contributed by atoms with Gasteiger partial charge in [0.2, 0.25) is 0 Å². The predicted molar refractivity (Wildman–Crippen MR) is 31.5 cm³/mol. The highest BCUT2D eigenvalue weighted by Crippen LogP contribution is 2.79. The van der Waals surface area contributed by atoms with Crippen LogP contribution in [0.4, 0.5) is 35.1 Å². The molecule has 0 bridgehead atoms. The summed E-state index contributed by atoms with van der Waals surface area (Å²) >= 11 is 0. The molecule has 0 aliphatic heterocycles. The van der Waals surface area contributed by atoms with E-state index in [4.69, 9.17) is 0 Å². The van der Waals surface area contributed by atoms with Gasteiger partial charge in [0.05, 0.1) is 0 Å². The average Bonchev–Trinajstić information content (AvgIpc) is 2.01. The summed E-state index contributed by atoms with van der Waals surface area (Å²) in [6, 6.07) is 0. The first kappa shape index (κ1) is 10.9. The van der Waals surface area contributed by atoms with E-state index in [-0.39, 0.29) is 0 Å². The molecule has 0 amide bonds. The van der Waals surface area contributed by atoms with E-state index < -0.39 is 41.9 Å². The zero-order valence-electron chi connectivity index (χ0n) is 6.94. The fraction of sp³-hybridized carbons (Fsp3) is 1.00. The molecule has 8 heteroatoms. The van der Waals surface area contributed by atoms with Gasteiger partial charge < -0.3 is 0 Å². The Labute approximate surface area is 78.2 Å². The summed E-state index contributed by atoms with van der Waals surface area (Å²) in [6.45, 7) is 0. The molecule has 2 saturated carbocycles. The molecular formula is C7H4F8. The van der Waals surface area contributed by atoms with Crippen molar-refractivity contribution in [2.45, 2.75) is 36.5 Å². The van der Waals surface area contributed by atoms with Gasteiger partial charge >= 0.3 is 23.7 Å². The van der Waals surface area contributed by atoms with Gasteiger partial charge in [-0.3, -0.25) is 0 Å². The second-order valence-electron chi connectivity index (χ2n) is 3.99. The average molecular weight is 240 g/mol. The number of hydrogen-bond donors (Lipinski definition) is 0. The molecule has 0 saturated heterocycles. The lowest BCUT2D eigenvalue weighted by Crippen LogP contribution is -2.83. The van der Waals surface area contributed by atoms with Crippen LogP contribution in [0.1, 0.15) is 12.8 Å². The Morgan fingerprint density at radius 2 is 0.800 bits per heavy atom. The molecule has 0 N–H and O–H groups in total. The van der Waals surface area contributed by atoms with Crippen molar-refractivity contribution in [3.63, 3.8) is 0 Å². The van der Waals surface area contributed by atoms with Crippen LogP contribution < -0.4 is 0 Å². The van der Waals surface area contributed by atoms with Gasteiger partial charge in [-0.2, -0.15) is 35.1 Å².